The van der Waals surface area contributed by atoms with E-state index in [4.69, 9.17) is 5.11 Å². The van der Waals surface area contributed by atoms with Gasteiger partial charge in [0.15, 0.2) is 0 Å². The second-order valence-electron chi connectivity index (χ2n) is 2.11. The minimum Gasteiger partial charge on any atom is -0.466 e. The number of carbonyl (C=O) groups is 1. The Morgan fingerprint density at radius 1 is 1.82 bits per heavy atom. The molecule has 2 N–H and O–H groups in total. The normalized spacial score (nSPS) is 13.0. The minimum atomic E-state index is -0.414. The van der Waals surface area contributed by atoms with E-state index in [1.807, 2.05) is 0 Å². The molecule has 4 nitrogen and oxygen atoms in total. The molecule has 0 aliphatic heterocycles. The summed E-state index contributed by atoms with van der Waals surface area (Å²) in [6, 6.07) is -0.0455. The summed E-state index contributed by atoms with van der Waals surface area (Å²) in [6.07, 6.45) is 2.71. The van der Waals surface area contributed by atoms with E-state index in [9.17, 15) is 4.79 Å². The zero-order valence-electron chi connectivity index (χ0n) is 6.70. The predicted octanol–water partition coefficient (Wildman–Crippen LogP) is -0.357. The van der Waals surface area contributed by atoms with E-state index >= 15 is 0 Å². The van der Waals surface area contributed by atoms with Crippen molar-refractivity contribution in [2.75, 3.05) is 13.7 Å². The standard InChI is InChI=1S/C7H13NO3/c1-6(5-9)8-4-3-7(10)11-2/h3-4,6,8-9H,5H2,1-2H3/b4-3+. The van der Waals surface area contributed by atoms with Gasteiger partial charge in [-0.25, -0.2) is 4.79 Å². The minimum absolute atomic E-state index is 0.0332. The predicted molar refractivity (Wildman–Crippen MR) is 40.8 cm³/mol. The Bertz CT molecular complexity index is 145. The molecule has 1 atom stereocenters. The van der Waals surface area contributed by atoms with Crippen LogP contribution in [-0.4, -0.2) is 30.8 Å². The van der Waals surface area contributed by atoms with Crippen LogP contribution in [0.2, 0.25) is 0 Å². The molecule has 0 saturated heterocycles. The van der Waals surface area contributed by atoms with Gasteiger partial charge in [-0.2, -0.15) is 0 Å². The third-order valence-corrected chi connectivity index (χ3v) is 1.08. The van der Waals surface area contributed by atoms with E-state index < -0.39 is 5.97 Å². The fraction of sp³-hybridized carbons (Fsp3) is 0.571. The molecule has 64 valence electrons. The average Bonchev–Trinajstić information content (AvgIpc) is 2.04. The summed E-state index contributed by atoms with van der Waals surface area (Å²) in [5.74, 6) is -0.414. The van der Waals surface area contributed by atoms with Crippen LogP contribution in [0.3, 0.4) is 0 Å². The smallest absolute Gasteiger partial charge is 0.331 e. The molecule has 0 bridgehead atoms. The number of aliphatic hydroxyl groups excluding tert-OH is 1. The van der Waals surface area contributed by atoms with Gasteiger partial charge in [-0.15, -0.1) is 0 Å². The first-order valence-electron chi connectivity index (χ1n) is 3.32. The van der Waals surface area contributed by atoms with Crippen LogP contribution in [0.1, 0.15) is 6.92 Å². The molecule has 0 aliphatic carbocycles. The lowest BCUT2D eigenvalue weighted by Crippen LogP contribution is -2.24. The van der Waals surface area contributed by atoms with Crippen LogP contribution in [0.15, 0.2) is 12.3 Å². The SMILES string of the molecule is COC(=O)/C=C/NC(C)CO. The molecule has 0 aromatic rings. The third-order valence-electron chi connectivity index (χ3n) is 1.08. The molecule has 1 unspecified atom stereocenters. The van der Waals surface area contributed by atoms with Crippen molar-refractivity contribution in [2.45, 2.75) is 13.0 Å². The molecule has 0 rings (SSSR count). The van der Waals surface area contributed by atoms with Crippen molar-refractivity contribution in [1.82, 2.24) is 5.32 Å². The van der Waals surface area contributed by atoms with Gasteiger partial charge in [0.1, 0.15) is 0 Å². The first-order chi connectivity index (χ1) is 5.20. The second kappa shape index (κ2) is 5.73. The molecule has 0 saturated carbocycles. The van der Waals surface area contributed by atoms with Crippen LogP contribution in [0.25, 0.3) is 0 Å². The highest BCUT2D eigenvalue weighted by atomic mass is 16.5. The molecular formula is C7H13NO3. The van der Waals surface area contributed by atoms with Crippen molar-refractivity contribution < 1.29 is 14.6 Å². The Morgan fingerprint density at radius 2 is 2.45 bits per heavy atom. The molecule has 0 aromatic carbocycles. The summed E-state index contributed by atoms with van der Waals surface area (Å²) in [5.41, 5.74) is 0. The van der Waals surface area contributed by atoms with Crippen molar-refractivity contribution in [3.05, 3.63) is 12.3 Å². The third kappa shape index (κ3) is 5.42. The van der Waals surface area contributed by atoms with E-state index in [0.29, 0.717) is 0 Å². The second-order valence-corrected chi connectivity index (χ2v) is 2.11. The number of rotatable bonds is 4. The zero-order chi connectivity index (χ0) is 8.69. The summed E-state index contributed by atoms with van der Waals surface area (Å²) in [4.78, 5) is 10.5. The number of aliphatic hydroxyl groups is 1. The molecule has 0 heterocycles. The van der Waals surface area contributed by atoms with Crippen LogP contribution in [0.5, 0.6) is 0 Å². The highest BCUT2D eigenvalue weighted by Gasteiger charge is 1.93. The first kappa shape index (κ1) is 9.97. The molecule has 4 heteroatoms. The molecule has 0 aliphatic rings. The Hall–Kier alpha value is -1.03. The molecular weight excluding hydrogens is 146 g/mol. The largest absolute Gasteiger partial charge is 0.466 e. The highest BCUT2D eigenvalue weighted by molar-refractivity contribution is 5.81. The molecule has 0 radical (unpaired) electrons. The summed E-state index contributed by atoms with van der Waals surface area (Å²) in [6.45, 7) is 1.83. The van der Waals surface area contributed by atoms with Crippen LogP contribution in [0, 0.1) is 0 Å². The zero-order valence-corrected chi connectivity index (χ0v) is 6.70. The summed E-state index contributed by atoms with van der Waals surface area (Å²) in [7, 11) is 1.31. The van der Waals surface area contributed by atoms with Crippen LogP contribution >= 0.6 is 0 Å². The number of methoxy groups -OCH3 is 1. The Morgan fingerprint density at radius 3 is 2.91 bits per heavy atom. The molecule has 0 amide bonds. The quantitative estimate of drug-likeness (QED) is 0.434. The fourth-order valence-electron chi connectivity index (χ4n) is 0.401. The van der Waals surface area contributed by atoms with Crippen LogP contribution < -0.4 is 5.32 Å². The maximum atomic E-state index is 10.5. The lowest BCUT2D eigenvalue weighted by molar-refractivity contribution is -0.134. The van der Waals surface area contributed by atoms with Crippen molar-refractivity contribution in [3.63, 3.8) is 0 Å². The van der Waals surface area contributed by atoms with Crippen molar-refractivity contribution >= 4 is 5.97 Å². The number of carbonyl (C=O) groups excluding carboxylic acids is 1. The molecule has 11 heavy (non-hydrogen) atoms. The van der Waals surface area contributed by atoms with Gasteiger partial charge < -0.3 is 15.2 Å². The first-order valence-corrected chi connectivity index (χ1v) is 3.32. The van der Waals surface area contributed by atoms with Gasteiger partial charge in [-0.3, -0.25) is 0 Å². The Balaban J connectivity index is 3.51. The van der Waals surface area contributed by atoms with Gasteiger partial charge in [-0.05, 0) is 6.92 Å². The topological polar surface area (TPSA) is 58.6 Å². The molecule has 0 aromatic heterocycles. The maximum Gasteiger partial charge on any atom is 0.331 e. The molecule has 0 spiro atoms. The van der Waals surface area contributed by atoms with E-state index in [2.05, 4.69) is 10.1 Å². The van der Waals surface area contributed by atoms with Gasteiger partial charge >= 0.3 is 5.97 Å². The lowest BCUT2D eigenvalue weighted by atomic mass is 10.4. The monoisotopic (exact) mass is 159 g/mol. The number of esters is 1. The Kier molecular flexibility index (Phi) is 5.20. The number of hydrogen-bond donors (Lipinski definition) is 2. The summed E-state index contributed by atoms with van der Waals surface area (Å²) >= 11 is 0. The average molecular weight is 159 g/mol. The summed E-state index contributed by atoms with van der Waals surface area (Å²) in [5, 5.41) is 11.3. The van der Waals surface area contributed by atoms with E-state index in [1.54, 1.807) is 6.92 Å². The van der Waals surface area contributed by atoms with E-state index in [0.717, 1.165) is 0 Å². The highest BCUT2D eigenvalue weighted by Crippen LogP contribution is 1.79. The van der Waals surface area contributed by atoms with Gasteiger partial charge in [0, 0.05) is 18.3 Å². The van der Waals surface area contributed by atoms with Crippen molar-refractivity contribution in [1.29, 1.82) is 0 Å². The number of nitrogens with one attached hydrogen (secondary N) is 1. The van der Waals surface area contributed by atoms with Crippen LogP contribution in [0.4, 0.5) is 0 Å². The van der Waals surface area contributed by atoms with Gasteiger partial charge in [0.05, 0.1) is 13.7 Å². The van der Waals surface area contributed by atoms with Gasteiger partial charge in [0.2, 0.25) is 0 Å². The number of ether oxygens (including phenoxy) is 1. The van der Waals surface area contributed by atoms with Gasteiger partial charge in [-0.1, -0.05) is 0 Å². The fourth-order valence-corrected chi connectivity index (χ4v) is 0.401. The lowest BCUT2D eigenvalue weighted by Gasteiger charge is -2.05. The summed E-state index contributed by atoms with van der Waals surface area (Å²) < 4.78 is 4.34. The number of hydrogen-bond acceptors (Lipinski definition) is 4. The van der Waals surface area contributed by atoms with Gasteiger partial charge in [0.25, 0.3) is 0 Å². The molecule has 0 fully saturated rings. The van der Waals surface area contributed by atoms with Crippen molar-refractivity contribution in [3.8, 4) is 0 Å². The van der Waals surface area contributed by atoms with Crippen molar-refractivity contribution in [2.24, 2.45) is 0 Å². The maximum absolute atomic E-state index is 10.5. The van der Waals surface area contributed by atoms with E-state index in [1.165, 1.54) is 19.4 Å². The van der Waals surface area contributed by atoms with Crippen LogP contribution in [-0.2, 0) is 9.53 Å². The van der Waals surface area contributed by atoms with E-state index in [-0.39, 0.29) is 12.6 Å². The Labute approximate surface area is 65.9 Å².